The fourth-order valence-electron chi connectivity index (χ4n) is 9.92. The summed E-state index contributed by atoms with van der Waals surface area (Å²) in [4.78, 5) is 15.9. The molecule has 0 amide bonds. The summed E-state index contributed by atoms with van der Waals surface area (Å²) in [5.74, 6) is 1.75. The summed E-state index contributed by atoms with van der Waals surface area (Å²) in [6.45, 7) is 0. The van der Waals surface area contributed by atoms with Crippen LogP contribution < -0.4 is 0 Å². The van der Waals surface area contributed by atoms with E-state index in [1.54, 1.807) is 0 Å². The molecule has 0 radical (unpaired) electrons. The van der Waals surface area contributed by atoms with Gasteiger partial charge in [0.05, 0.1) is 22.1 Å². The van der Waals surface area contributed by atoms with E-state index in [-0.39, 0.29) is 0 Å². The molecule has 0 aliphatic rings. The number of para-hydroxylation sites is 1. The van der Waals surface area contributed by atoms with Gasteiger partial charge in [0, 0.05) is 38.4 Å². The average molecular weight is 868 g/mol. The Morgan fingerprint density at radius 2 is 0.647 bits per heavy atom. The van der Waals surface area contributed by atoms with Crippen LogP contribution in [0.15, 0.2) is 249 Å². The predicted molar refractivity (Wildman–Crippen MR) is 281 cm³/mol. The van der Waals surface area contributed by atoms with E-state index in [1.165, 1.54) is 33.0 Å². The highest BCUT2D eigenvalue weighted by Crippen LogP contribution is 2.44. The third kappa shape index (κ3) is 6.76. The van der Waals surface area contributed by atoms with E-state index in [4.69, 9.17) is 15.0 Å². The Kier molecular flexibility index (Phi) is 9.43. The molecule has 10 aromatic carbocycles. The molecule has 0 aliphatic carbocycles. The van der Waals surface area contributed by atoms with Crippen molar-refractivity contribution in [2.45, 2.75) is 0 Å². The molecular formula is C63H41N5. The number of hydrogen-bond donors (Lipinski definition) is 0. The zero-order valence-electron chi connectivity index (χ0n) is 36.9. The minimum absolute atomic E-state index is 0.550. The molecular weight excluding hydrogens is 827 g/mol. The first-order valence-corrected chi connectivity index (χ1v) is 23.0. The van der Waals surface area contributed by atoms with Gasteiger partial charge in [-0.25, -0.2) is 4.98 Å². The topological polar surface area (TPSA) is 48.5 Å². The molecule has 68 heavy (non-hydrogen) atoms. The highest BCUT2D eigenvalue weighted by molar-refractivity contribution is 6.26. The third-order valence-corrected chi connectivity index (χ3v) is 13.2. The van der Waals surface area contributed by atoms with Gasteiger partial charge >= 0.3 is 0 Å². The number of benzene rings is 10. The van der Waals surface area contributed by atoms with Gasteiger partial charge < -0.3 is 4.57 Å². The molecule has 13 rings (SSSR count). The van der Waals surface area contributed by atoms with Gasteiger partial charge in [0.1, 0.15) is 0 Å². The molecule has 318 valence electrons. The fourth-order valence-corrected chi connectivity index (χ4v) is 9.92. The second kappa shape index (κ2) is 16.4. The molecule has 0 fully saturated rings. The standard InChI is InChI=1S/C63H41N5/c1-6-17-42(18-7-1)48-25-16-26-49(39-48)45-29-31-47(32-30-45)62-64-61(46-23-12-4-13-24-46)65-63(66-62)68-57-37-34-51(44-21-10-3-11-22-44)41-55(57)59-58(68)38-35-53-54-40-50(43-19-8-2-9-20-43)33-36-56(54)67(60(53)59)52-27-14-5-15-28-52/h1-41H. The lowest BCUT2D eigenvalue weighted by atomic mass is 9.98. The number of nitrogens with zero attached hydrogens (tertiary/aromatic N) is 5. The molecule has 3 aromatic heterocycles. The van der Waals surface area contributed by atoms with Crippen LogP contribution in [0.2, 0.25) is 0 Å². The average Bonchev–Trinajstić information content (AvgIpc) is 3.94. The third-order valence-electron chi connectivity index (χ3n) is 13.2. The van der Waals surface area contributed by atoms with Gasteiger partial charge in [-0.1, -0.05) is 200 Å². The normalized spacial score (nSPS) is 11.5. The zero-order chi connectivity index (χ0) is 45.0. The smallest absolute Gasteiger partial charge is 0.238 e. The van der Waals surface area contributed by atoms with Gasteiger partial charge in [-0.2, -0.15) is 9.97 Å². The zero-order valence-corrected chi connectivity index (χ0v) is 36.9. The largest absolute Gasteiger partial charge is 0.309 e. The van der Waals surface area contributed by atoms with E-state index < -0.39 is 0 Å². The van der Waals surface area contributed by atoms with E-state index in [2.05, 4.69) is 240 Å². The summed E-state index contributed by atoms with van der Waals surface area (Å²) in [5.41, 5.74) is 16.5. The highest BCUT2D eigenvalue weighted by atomic mass is 15.2. The second-order valence-corrected chi connectivity index (χ2v) is 17.2. The molecule has 0 N–H and O–H groups in total. The molecule has 13 aromatic rings. The number of fused-ring (bicyclic) bond motifs is 7. The monoisotopic (exact) mass is 867 g/mol. The molecule has 3 heterocycles. The van der Waals surface area contributed by atoms with Crippen LogP contribution in [0.4, 0.5) is 0 Å². The van der Waals surface area contributed by atoms with Crippen molar-refractivity contribution in [3.05, 3.63) is 249 Å². The summed E-state index contributed by atoms with van der Waals surface area (Å²) in [6, 6.07) is 88.2. The van der Waals surface area contributed by atoms with E-state index in [0.29, 0.717) is 17.6 Å². The number of rotatable bonds is 8. The minimum Gasteiger partial charge on any atom is -0.309 e. The van der Waals surface area contributed by atoms with Crippen LogP contribution in [0.25, 0.3) is 123 Å². The first-order valence-electron chi connectivity index (χ1n) is 23.0. The van der Waals surface area contributed by atoms with E-state index >= 15 is 0 Å². The Balaban J connectivity index is 1.06. The second-order valence-electron chi connectivity index (χ2n) is 17.2. The van der Waals surface area contributed by atoms with Gasteiger partial charge in [-0.05, 0) is 93.0 Å². The molecule has 0 spiro atoms. The predicted octanol–water partition coefficient (Wildman–Crippen LogP) is 16.1. The Hall–Kier alpha value is -9.19. The Morgan fingerprint density at radius 3 is 1.21 bits per heavy atom. The van der Waals surface area contributed by atoms with Crippen LogP contribution in [0.3, 0.4) is 0 Å². The van der Waals surface area contributed by atoms with Crippen molar-refractivity contribution in [3.8, 4) is 78.9 Å². The van der Waals surface area contributed by atoms with E-state index in [1.807, 2.05) is 18.2 Å². The molecule has 0 saturated heterocycles. The SMILES string of the molecule is c1ccc(-c2cccc(-c3ccc(-c4nc(-c5ccccc5)nc(-n5c6ccc(-c7ccccc7)cc6c6c5ccc5c7cc(-c8ccccc8)ccc7n(-c7ccccc7)c56)n4)cc3)c2)cc1. The van der Waals surface area contributed by atoms with Gasteiger partial charge in [0.15, 0.2) is 11.6 Å². The molecule has 0 atom stereocenters. The minimum atomic E-state index is 0.550. The van der Waals surface area contributed by atoms with Crippen molar-refractivity contribution in [1.29, 1.82) is 0 Å². The number of aromatic nitrogens is 5. The molecule has 0 bridgehead atoms. The van der Waals surface area contributed by atoms with Crippen LogP contribution in [0.5, 0.6) is 0 Å². The van der Waals surface area contributed by atoms with Crippen LogP contribution in [-0.4, -0.2) is 24.1 Å². The fraction of sp³-hybridized carbons (Fsp3) is 0. The summed E-state index contributed by atoms with van der Waals surface area (Å²) in [7, 11) is 0. The number of hydrogen-bond acceptors (Lipinski definition) is 3. The molecule has 0 aliphatic heterocycles. The molecule has 0 unspecified atom stereocenters. The maximum atomic E-state index is 5.39. The maximum absolute atomic E-state index is 5.39. The molecule has 0 saturated carbocycles. The quantitative estimate of drug-likeness (QED) is 0.153. The summed E-state index contributed by atoms with van der Waals surface area (Å²) in [6.07, 6.45) is 0. The highest BCUT2D eigenvalue weighted by Gasteiger charge is 2.24. The van der Waals surface area contributed by atoms with Gasteiger partial charge in [0.25, 0.3) is 0 Å². The van der Waals surface area contributed by atoms with Crippen molar-refractivity contribution in [2.24, 2.45) is 0 Å². The molecule has 5 heteroatoms. The van der Waals surface area contributed by atoms with Crippen molar-refractivity contribution in [1.82, 2.24) is 24.1 Å². The van der Waals surface area contributed by atoms with Gasteiger partial charge in [-0.15, -0.1) is 0 Å². The summed E-state index contributed by atoms with van der Waals surface area (Å²) < 4.78 is 4.68. The van der Waals surface area contributed by atoms with Crippen LogP contribution in [0.1, 0.15) is 0 Å². The first-order chi connectivity index (χ1) is 33.7. The lowest BCUT2D eigenvalue weighted by molar-refractivity contribution is 0.953. The van der Waals surface area contributed by atoms with Crippen molar-refractivity contribution < 1.29 is 0 Å². The molecule has 5 nitrogen and oxygen atoms in total. The summed E-state index contributed by atoms with van der Waals surface area (Å²) >= 11 is 0. The van der Waals surface area contributed by atoms with E-state index in [9.17, 15) is 0 Å². The maximum Gasteiger partial charge on any atom is 0.238 e. The Bertz CT molecular complexity index is 3970. The lowest BCUT2D eigenvalue weighted by Crippen LogP contribution is -2.06. The Labute approximate surface area is 393 Å². The van der Waals surface area contributed by atoms with Crippen molar-refractivity contribution in [3.63, 3.8) is 0 Å². The Morgan fingerprint density at radius 1 is 0.250 bits per heavy atom. The lowest BCUT2D eigenvalue weighted by Gasteiger charge is -2.12. The van der Waals surface area contributed by atoms with Crippen molar-refractivity contribution in [2.75, 3.05) is 0 Å². The van der Waals surface area contributed by atoms with Crippen LogP contribution >= 0.6 is 0 Å². The first kappa shape index (κ1) is 39.2. The van der Waals surface area contributed by atoms with E-state index in [0.717, 1.165) is 71.9 Å². The van der Waals surface area contributed by atoms with Crippen molar-refractivity contribution >= 4 is 43.6 Å². The van der Waals surface area contributed by atoms with Crippen LogP contribution in [0, 0.1) is 0 Å². The van der Waals surface area contributed by atoms with Gasteiger partial charge in [0.2, 0.25) is 5.95 Å². The summed E-state index contributed by atoms with van der Waals surface area (Å²) in [5, 5.41) is 4.60. The van der Waals surface area contributed by atoms with Gasteiger partial charge in [-0.3, -0.25) is 4.57 Å². The van der Waals surface area contributed by atoms with Crippen LogP contribution in [-0.2, 0) is 0 Å².